The fourth-order valence-corrected chi connectivity index (χ4v) is 3.59. The van der Waals surface area contributed by atoms with Crippen LogP contribution in [-0.4, -0.2) is 6.61 Å². The molecule has 0 bridgehead atoms. The van der Waals surface area contributed by atoms with Crippen LogP contribution in [0.5, 0.6) is 5.75 Å². The predicted molar refractivity (Wildman–Crippen MR) is 86.4 cm³/mol. The fourth-order valence-electron chi connectivity index (χ4n) is 3.59. The third-order valence-electron chi connectivity index (χ3n) is 4.83. The lowest BCUT2D eigenvalue weighted by molar-refractivity contribution is -0.0498. The maximum atomic E-state index is 12.3. The second kappa shape index (κ2) is 9.12. The molecule has 1 saturated carbocycles. The van der Waals surface area contributed by atoms with E-state index >= 15 is 0 Å². The highest BCUT2D eigenvalue weighted by atomic mass is 19.3. The molecule has 0 radical (unpaired) electrons. The third kappa shape index (κ3) is 5.94. The maximum Gasteiger partial charge on any atom is 0.387 e. The van der Waals surface area contributed by atoms with Crippen molar-refractivity contribution in [3.05, 3.63) is 29.8 Å². The third-order valence-corrected chi connectivity index (χ3v) is 4.83. The Labute approximate surface area is 133 Å². The summed E-state index contributed by atoms with van der Waals surface area (Å²) in [6.07, 6.45) is 11.6. The molecule has 22 heavy (non-hydrogen) atoms. The lowest BCUT2D eigenvalue weighted by Gasteiger charge is -2.28. The van der Waals surface area contributed by atoms with Crippen molar-refractivity contribution < 1.29 is 13.5 Å². The summed E-state index contributed by atoms with van der Waals surface area (Å²) in [6, 6.07) is 7.19. The van der Waals surface area contributed by atoms with Crippen molar-refractivity contribution in [2.45, 2.75) is 71.3 Å². The van der Waals surface area contributed by atoms with Gasteiger partial charge in [-0.05, 0) is 48.8 Å². The maximum absolute atomic E-state index is 12.3. The number of ether oxygens (including phenoxy) is 1. The van der Waals surface area contributed by atoms with E-state index < -0.39 is 6.61 Å². The van der Waals surface area contributed by atoms with Crippen molar-refractivity contribution in [2.75, 3.05) is 0 Å². The molecule has 1 nitrogen and oxygen atoms in total. The largest absolute Gasteiger partial charge is 0.435 e. The average molecular weight is 310 g/mol. The molecule has 1 fully saturated rings. The molecule has 0 heterocycles. The van der Waals surface area contributed by atoms with Crippen LogP contribution in [0, 0.1) is 11.8 Å². The second-order valence-corrected chi connectivity index (χ2v) is 6.61. The number of rotatable bonds is 8. The summed E-state index contributed by atoms with van der Waals surface area (Å²) >= 11 is 0. The summed E-state index contributed by atoms with van der Waals surface area (Å²) in [4.78, 5) is 0. The van der Waals surface area contributed by atoms with Gasteiger partial charge < -0.3 is 4.74 Å². The molecule has 1 aliphatic carbocycles. The van der Waals surface area contributed by atoms with E-state index in [1.165, 1.54) is 51.4 Å². The number of unbranched alkanes of at least 4 members (excludes halogenated alkanes) is 2. The van der Waals surface area contributed by atoms with Gasteiger partial charge in [0.25, 0.3) is 0 Å². The summed E-state index contributed by atoms with van der Waals surface area (Å²) in [7, 11) is 0. The zero-order valence-electron chi connectivity index (χ0n) is 13.6. The molecule has 0 N–H and O–H groups in total. The molecule has 0 unspecified atom stereocenters. The molecule has 1 aromatic carbocycles. The van der Waals surface area contributed by atoms with Gasteiger partial charge in [-0.1, -0.05) is 57.6 Å². The zero-order chi connectivity index (χ0) is 15.8. The molecule has 0 aliphatic heterocycles. The molecule has 0 atom stereocenters. The van der Waals surface area contributed by atoms with E-state index in [4.69, 9.17) is 0 Å². The van der Waals surface area contributed by atoms with Gasteiger partial charge in [-0.25, -0.2) is 0 Å². The van der Waals surface area contributed by atoms with Gasteiger partial charge in [-0.2, -0.15) is 8.78 Å². The lowest BCUT2D eigenvalue weighted by atomic mass is 9.77. The monoisotopic (exact) mass is 310 g/mol. The fraction of sp³-hybridized carbons (Fsp3) is 0.684. The second-order valence-electron chi connectivity index (χ2n) is 6.61. The van der Waals surface area contributed by atoms with Crippen molar-refractivity contribution in [3.8, 4) is 5.75 Å². The van der Waals surface area contributed by atoms with E-state index in [1.54, 1.807) is 12.1 Å². The molecule has 1 aliphatic rings. The molecular formula is C19H28F2O. The molecule has 1 aromatic rings. The van der Waals surface area contributed by atoms with Crippen molar-refractivity contribution >= 4 is 0 Å². The minimum atomic E-state index is -2.74. The summed E-state index contributed by atoms with van der Waals surface area (Å²) in [6.45, 7) is -0.489. The molecule has 2 rings (SSSR count). The highest BCUT2D eigenvalue weighted by Gasteiger charge is 2.21. The van der Waals surface area contributed by atoms with Gasteiger partial charge in [-0.3, -0.25) is 0 Å². The Balaban J connectivity index is 1.76. The number of alkyl halides is 2. The van der Waals surface area contributed by atoms with E-state index in [0.29, 0.717) is 5.92 Å². The SMILES string of the molecule is CCCCCC1CCC(Cc2cccc(OC(F)F)c2)CC1. The van der Waals surface area contributed by atoms with Crippen molar-refractivity contribution in [3.63, 3.8) is 0 Å². The van der Waals surface area contributed by atoms with Crippen molar-refractivity contribution in [1.29, 1.82) is 0 Å². The van der Waals surface area contributed by atoms with E-state index in [0.717, 1.165) is 17.9 Å². The van der Waals surface area contributed by atoms with Crippen LogP contribution in [0.3, 0.4) is 0 Å². The molecule has 0 amide bonds. The summed E-state index contributed by atoms with van der Waals surface area (Å²) in [5.74, 6) is 1.89. The molecule has 3 heteroatoms. The Kier molecular flexibility index (Phi) is 7.14. The van der Waals surface area contributed by atoms with Crippen molar-refractivity contribution in [1.82, 2.24) is 0 Å². The highest BCUT2D eigenvalue weighted by molar-refractivity contribution is 5.28. The van der Waals surface area contributed by atoms with Gasteiger partial charge >= 0.3 is 6.61 Å². The first kappa shape index (κ1) is 17.2. The van der Waals surface area contributed by atoms with Gasteiger partial charge in [0, 0.05) is 0 Å². The topological polar surface area (TPSA) is 9.23 Å². The van der Waals surface area contributed by atoms with Gasteiger partial charge in [0.05, 0.1) is 0 Å². The molecule has 124 valence electrons. The van der Waals surface area contributed by atoms with Crippen LogP contribution in [-0.2, 0) is 6.42 Å². The molecular weight excluding hydrogens is 282 g/mol. The molecule has 0 aromatic heterocycles. The predicted octanol–water partition coefficient (Wildman–Crippen LogP) is 6.22. The summed E-state index contributed by atoms with van der Waals surface area (Å²) in [5, 5.41) is 0. The number of hydrogen-bond acceptors (Lipinski definition) is 1. The average Bonchev–Trinajstić information content (AvgIpc) is 2.49. The summed E-state index contributed by atoms with van der Waals surface area (Å²) < 4.78 is 29.0. The minimum absolute atomic E-state index is 0.278. The Hall–Kier alpha value is -1.12. The van der Waals surface area contributed by atoms with Crippen LogP contribution in [0.4, 0.5) is 8.78 Å². The first-order chi connectivity index (χ1) is 10.7. The van der Waals surface area contributed by atoms with Crippen LogP contribution in [0.2, 0.25) is 0 Å². The van der Waals surface area contributed by atoms with E-state index in [9.17, 15) is 8.78 Å². The van der Waals surface area contributed by atoms with Crippen LogP contribution in [0.25, 0.3) is 0 Å². The summed E-state index contributed by atoms with van der Waals surface area (Å²) in [5.41, 5.74) is 1.12. The number of halogens is 2. The van der Waals surface area contributed by atoms with Crippen molar-refractivity contribution in [2.24, 2.45) is 11.8 Å². The Morgan fingerprint density at radius 2 is 1.82 bits per heavy atom. The lowest BCUT2D eigenvalue weighted by Crippen LogP contribution is -2.16. The smallest absolute Gasteiger partial charge is 0.387 e. The van der Waals surface area contributed by atoms with Gasteiger partial charge in [0.1, 0.15) is 5.75 Å². The minimum Gasteiger partial charge on any atom is -0.435 e. The quantitative estimate of drug-likeness (QED) is 0.518. The Bertz CT molecular complexity index is 425. The van der Waals surface area contributed by atoms with Crippen LogP contribution < -0.4 is 4.74 Å². The van der Waals surface area contributed by atoms with Crippen LogP contribution in [0.1, 0.15) is 63.9 Å². The molecule has 0 saturated heterocycles. The normalized spacial score (nSPS) is 22.0. The van der Waals surface area contributed by atoms with Crippen LogP contribution >= 0.6 is 0 Å². The van der Waals surface area contributed by atoms with E-state index in [-0.39, 0.29) is 5.75 Å². The zero-order valence-corrected chi connectivity index (χ0v) is 13.6. The Morgan fingerprint density at radius 1 is 1.09 bits per heavy atom. The van der Waals surface area contributed by atoms with Crippen LogP contribution in [0.15, 0.2) is 24.3 Å². The molecule has 0 spiro atoms. The number of hydrogen-bond donors (Lipinski definition) is 0. The van der Waals surface area contributed by atoms with E-state index in [1.807, 2.05) is 12.1 Å². The standard InChI is InChI=1S/C19H28F2O/c1-2-3-4-6-15-9-11-16(12-10-15)13-17-7-5-8-18(14-17)22-19(20)21/h5,7-8,14-16,19H,2-4,6,9-13H2,1H3. The first-order valence-electron chi connectivity index (χ1n) is 8.71. The number of benzene rings is 1. The highest BCUT2D eigenvalue weighted by Crippen LogP contribution is 2.34. The van der Waals surface area contributed by atoms with Gasteiger partial charge in [0.15, 0.2) is 0 Å². The van der Waals surface area contributed by atoms with E-state index in [2.05, 4.69) is 11.7 Å². The van der Waals surface area contributed by atoms with Gasteiger partial charge in [-0.15, -0.1) is 0 Å². The first-order valence-corrected chi connectivity index (χ1v) is 8.71. The Morgan fingerprint density at radius 3 is 2.50 bits per heavy atom. The van der Waals surface area contributed by atoms with Gasteiger partial charge in [0.2, 0.25) is 0 Å².